The van der Waals surface area contributed by atoms with E-state index in [9.17, 15) is 23.9 Å². The van der Waals surface area contributed by atoms with Crippen LogP contribution in [-0.2, 0) is 23.8 Å². The quantitative estimate of drug-likeness (QED) is 0.738. The van der Waals surface area contributed by atoms with Crippen LogP contribution in [0.5, 0.6) is 0 Å². The summed E-state index contributed by atoms with van der Waals surface area (Å²) in [4.78, 5) is 36.6. The first kappa shape index (κ1) is 18.9. The summed E-state index contributed by atoms with van der Waals surface area (Å²) in [6.07, 6.45) is 0. The number of anilines is 1. The lowest BCUT2D eigenvalue weighted by Crippen LogP contribution is -2.40. The van der Waals surface area contributed by atoms with Gasteiger partial charge in [-0.3, -0.25) is 0 Å². The fourth-order valence-corrected chi connectivity index (χ4v) is 2.82. The van der Waals surface area contributed by atoms with Crippen molar-refractivity contribution in [2.45, 2.75) is 0 Å². The second-order valence-corrected chi connectivity index (χ2v) is 5.63. The molecule has 25 heavy (non-hydrogen) atoms. The van der Waals surface area contributed by atoms with E-state index >= 15 is 0 Å². The number of carbonyl (C=O) groups is 3. The van der Waals surface area contributed by atoms with E-state index in [0.29, 0.717) is 0 Å². The van der Waals surface area contributed by atoms with Gasteiger partial charge in [-0.25, -0.2) is 18.8 Å². The lowest BCUT2D eigenvalue weighted by molar-refractivity contribution is -0.140. The smallest absolute Gasteiger partial charge is 0.355 e. The number of carbonyl (C=O) groups excluding carboxylic acids is 2. The molecule has 1 aliphatic rings. The highest BCUT2D eigenvalue weighted by molar-refractivity contribution is 9.10. The number of esters is 2. The van der Waals surface area contributed by atoms with Crippen LogP contribution in [0.1, 0.15) is 10.4 Å². The Kier molecular flexibility index (Phi) is 5.75. The van der Waals surface area contributed by atoms with Gasteiger partial charge in [-0.15, -0.1) is 0 Å². The molecule has 0 atom stereocenters. The highest BCUT2D eigenvalue weighted by Crippen LogP contribution is 2.35. The minimum Gasteiger partial charge on any atom is -0.478 e. The fraction of sp³-hybridized carbons (Fsp3) is 0.267. The zero-order chi connectivity index (χ0) is 18.7. The number of methoxy groups -OCH3 is 2. The van der Waals surface area contributed by atoms with Gasteiger partial charge >= 0.3 is 17.9 Å². The van der Waals surface area contributed by atoms with Crippen molar-refractivity contribution < 1.29 is 38.1 Å². The van der Waals surface area contributed by atoms with Gasteiger partial charge in [-0.1, -0.05) is 0 Å². The second-order valence-electron chi connectivity index (χ2n) is 4.77. The normalized spacial score (nSPS) is 14.3. The maximum atomic E-state index is 14.5. The third kappa shape index (κ3) is 3.49. The van der Waals surface area contributed by atoms with Crippen LogP contribution < -0.4 is 4.90 Å². The minimum absolute atomic E-state index is 0.0887. The lowest BCUT2D eigenvalue weighted by atomic mass is 10.1. The average molecular weight is 418 g/mol. The Bertz CT molecular complexity index is 777. The van der Waals surface area contributed by atoms with Crippen LogP contribution in [0.2, 0.25) is 0 Å². The van der Waals surface area contributed by atoms with Crippen molar-refractivity contribution in [3.63, 3.8) is 0 Å². The zero-order valence-electron chi connectivity index (χ0n) is 13.2. The van der Waals surface area contributed by atoms with Gasteiger partial charge < -0.3 is 24.2 Å². The number of hydrogen-bond acceptors (Lipinski definition) is 7. The Hall–Kier alpha value is -2.46. The number of carboxylic acid groups (broad SMARTS) is 1. The summed E-state index contributed by atoms with van der Waals surface area (Å²) >= 11 is 3.04. The molecule has 0 radical (unpaired) electrons. The first-order valence-electron chi connectivity index (χ1n) is 6.79. The summed E-state index contributed by atoms with van der Waals surface area (Å²) < 4.78 is 29.0. The van der Waals surface area contributed by atoms with E-state index < -0.39 is 35.0 Å². The van der Waals surface area contributed by atoms with Crippen molar-refractivity contribution in [3.05, 3.63) is 39.3 Å². The number of halogens is 2. The Morgan fingerprint density at radius 3 is 2.44 bits per heavy atom. The van der Waals surface area contributed by atoms with Crippen molar-refractivity contribution in [1.82, 2.24) is 0 Å². The molecule has 10 heteroatoms. The number of rotatable bonds is 4. The molecule has 2 rings (SSSR count). The monoisotopic (exact) mass is 417 g/mol. The van der Waals surface area contributed by atoms with Crippen LogP contribution >= 0.6 is 15.9 Å². The molecule has 8 nitrogen and oxygen atoms in total. The summed E-state index contributed by atoms with van der Waals surface area (Å²) in [5.41, 5.74) is -1.43. The Labute approximate surface area is 149 Å². The molecule has 1 aromatic carbocycles. The number of aromatic carboxylic acids is 1. The summed E-state index contributed by atoms with van der Waals surface area (Å²) in [7, 11) is 2.18. The maximum Gasteiger partial charge on any atom is 0.355 e. The molecule has 1 aromatic rings. The molecule has 0 bridgehead atoms. The number of nitrogens with zero attached hydrogens (tertiary/aromatic N) is 1. The largest absolute Gasteiger partial charge is 0.478 e. The SMILES string of the molecule is COC(=O)C1=C(C(=O)OC)N(c2c(F)ccc(Br)c2C(=O)O)COC1. The van der Waals surface area contributed by atoms with Crippen LogP contribution in [0.4, 0.5) is 10.1 Å². The highest BCUT2D eigenvalue weighted by atomic mass is 79.9. The van der Waals surface area contributed by atoms with Crippen molar-refractivity contribution in [2.24, 2.45) is 0 Å². The third-order valence-electron chi connectivity index (χ3n) is 3.39. The number of carboxylic acids is 1. The standard InChI is InChI=1S/C15H13BrFNO7/c1-23-14(21)7-5-25-6-18(11(7)15(22)24-2)12-9(17)4-3-8(16)10(12)13(19)20/h3-4H,5-6H2,1-2H3,(H,19,20). The van der Waals surface area contributed by atoms with E-state index in [2.05, 4.69) is 25.4 Å². The highest BCUT2D eigenvalue weighted by Gasteiger charge is 2.36. The van der Waals surface area contributed by atoms with Crippen molar-refractivity contribution in [3.8, 4) is 0 Å². The van der Waals surface area contributed by atoms with E-state index in [-0.39, 0.29) is 29.1 Å². The van der Waals surface area contributed by atoms with Crippen molar-refractivity contribution in [1.29, 1.82) is 0 Å². The number of ether oxygens (including phenoxy) is 3. The van der Waals surface area contributed by atoms with Gasteiger partial charge in [-0.2, -0.15) is 0 Å². The molecule has 1 heterocycles. The molecular weight excluding hydrogens is 405 g/mol. The van der Waals surface area contributed by atoms with E-state index in [1.54, 1.807) is 0 Å². The summed E-state index contributed by atoms with van der Waals surface area (Å²) in [5, 5.41) is 9.42. The Morgan fingerprint density at radius 1 is 1.24 bits per heavy atom. The summed E-state index contributed by atoms with van der Waals surface area (Å²) in [6.45, 7) is -0.635. The second kappa shape index (κ2) is 7.62. The Morgan fingerprint density at radius 2 is 1.88 bits per heavy atom. The van der Waals surface area contributed by atoms with Gasteiger partial charge in [0.25, 0.3) is 0 Å². The number of benzene rings is 1. The van der Waals surface area contributed by atoms with Gasteiger partial charge in [0.1, 0.15) is 23.8 Å². The molecule has 0 saturated carbocycles. The van der Waals surface area contributed by atoms with Crippen LogP contribution in [-0.4, -0.2) is 50.6 Å². The van der Waals surface area contributed by atoms with Gasteiger partial charge in [0.05, 0.1) is 32.1 Å². The van der Waals surface area contributed by atoms with Gasteiger partial charge in [0.2, 0.25) is 0 Å². The molecule has 0 spiro atoms. The molecule has 1 N–H and O–H groups in total. The van der Waals surface area contributed by atoms with Crippen molar-refractivity contribution in [2.75, 3.05) is 32.5 Å². The molecule has 0 amide bonds. The predicted octanol–water partition coefficient (Wildman–Crippen LogP) is 1.68. The molecule has 1 aliphatic heterocycles. The van der Waals surface area contributed by atoms with Gasteiger partial charge in [0, 0.05) is 4.47 Å². The number of hydrogen-bond donors (Lipinski definition) is 1. The first-order chi connectivity index (χ1) is 11.8. The van der Waals surface area contributed by atoms with Crippen LogP contribution in [0.25, 0.3) is 0 Å². The van der Waals surface area contributed by atoms with Crippen LogP contribution in [0.3, 0.4) is 0 Å². The van der Waals surface area contributed by atoms with Crippen LogP contribution in [0, 0.1) is 5.82 Å². The molecular formula is C15H13BrFNO7. The van der Waals surface area contributed by atoms with E-state index in [0.717, 1.165) is 25.2 Å². The third-order valence-corrected chi connectivity index (χ3v) is 4.06. The Balaban J connectivity index is 2.77. The van der Waals surface area contributed by atoms with E-state index in [1.807, 2.05) is 0 Å². The molecule has 0 fully saturated rings. The lowest BCUT2D eigenvalue weighted by Gasteiger charge is -2.32. The minimum atomic E-state index is -1.43. The molecule has 0 aliphatic carbocycles. The summed E-state index contributed by atoms with van der Waals surface area (Å²) in [5.74, 6) is -4.19. The van der Waals surface area contributed by atoms with E-state index in [1.165, 1.54) is 6.07 Å². The molecule has 0 saturated heterocycles. The maximum absolute atomic E-state index is 14.5. The van der Waals surface area contributed by atoms with Gasteiger partial charge in [0.15, 0.2) is 0 Å². The first-order valence-corrected chi connectivity index (χ1v) is 7.59. The topological polar surface area (TPSA) is 102 Å². The van der Waals surface area contributed by atoms with Gasteiger partial charge in [-0.05, 0) is 28.1 Å². The molecule has 0 unspecified atom stereocenters. The average Bonchev–Trinajstić information content (AvgIpc) is 2.61. The van der Waals surface area contributed by atoms with E-state index in [4.69, 9.17) is 4.74 Å². The van der Waals surface area contributed by atoms with Crippen molar-refractivity contribution >= 4 is 39.5 Å². The molecule has 0 aromatic heterocycles. The van der Waals surface area contributed by atoms with Crippen LogP contribution in [0.15, 0.2) is 27.9 Å². The predicted molar refractivity (Wildman–Crippen MR) is 85.4 cm³/mol. The summed E-state index contributed by atoms with van der Waals surface area (Å²) in [6, 6.07) is 2.24. The molecule has 134 valence electrons. The zero-order valence-corrected chi connectivity index (χ0v) is 14.8. The fourth-order valence-electron chi connectivity index (χ4n) is 2.33.